The van der Waals surface area contributed by atoms with E-state index in [-0.39, 0.29) is 5.78 Å². The lowest BCUT2D eigenvalue weighted by Gasteiger charge is -2.05. The fourth-order valence-corrected chi connectivity index (χ4v) is 0.951. The van der Waals surface area contributed by atoms with Crippen LogP contribution in [0.1, 0.15) is 30.0 Å². The third kappa shape index (κ3) is 2.39. The lowest BCUT2D eigenvalue weighted by Crippen LogP contribution is -2.01. The number of ketones is 1. The van der Waals surface area contributed by atoms with E-state index in [1.54, 1.807) is 6.07 Å². The van der Waals surface area contributed by atoms with Crippen molar-refractivity contribution in [3.63, 3.8) is 0 Å². The van der Waals surface area contributed by atoms with Crippen LogP contribution in [0, 0.1) is 0 Å². The maximum atomic E-state index is 11.0. The van der Waals surface area contributed by atoms with Crippen molar-refractivity contribution in [1.29, 1.82) is 0 Å². The predicted molar refractivity (Wildman–Crippen MR) is 52.7 cm³/mol. The van der Waals surface area contributed by atoms with Gasteiger partial charge in [-0.05, 0) is 13.0 Å². The van der Waals surface area contributed by atoms with Crippen LogP contribution in [0.15, 0.2) is 19.0 Å². The molecule has 1 aromatic heterocycles. The zero-order valence-electron chi connectivity index (χ0n) is 8.28. The largest absolute Gasteiger partial charge is 0.492 e. The van der Waals surface area contributed by atoms with Crippen molar-refractivity contribution < 1.29 is 9.53 Å². The first-order valence-corrected chi connectivity index (χ1v) is 4.30. The van der Waals surface area contributed by atoms with E-state index in [0.717, 1.165) is 0 Å². The Morgan fingerprint density at radius 3 is 2.71 bits per heavy atom. The van der Waals surface area contributed by atoms with Gasteiger partial charge in [0.15, 0.2) is 5.78 Å². The molecular formula is C10H12N2O2. The standard InChI is InChI=1S/C10H12N2O2/c1-4-14-8(3)10-5-9(7(2)13)11-6-12-10/h5-6H,3-4H2,1-2H3. The number of hydrogen-bond acceptors (Lipinski definition) is 4. The van der Waals surface area contributed by atoms with Crippen LogP contribution in [-0.2, 0) is 4.74 Å². The van der Waals surface area contributed by atoms with Gasteiger partial charge in [0.2, 0.25) is 0 Å². The van der Waals surface area contributed by atoms with E-state index in [1.165, 1.54) is 13.3 Å². The van der Waals surface area contributed by atoms with Gasteiger partial charge in [0.05, 0.1) is 6.61 Å². The number of ether oxygens (including phenoxy) is 1. The Hall–Kier alpha value is -1.71. The number of carbonyl (C=O) groups excluding carboxylic acids is 1. The Bertz CT molecular complexity index is 361. The summed E-state index contributed by atoms with van der Waals surface area (Å²) in [5.41, 5.74) is 0.919. The van der Waals surface area contributed by atoms with Crippen LogP contribution in [0.25, 0.3) is 5.76 Å². The minimum Gasteiger partial charge on any atom is -0.492 e. The average molecular weight is 192 g/mol. The summed E-state index contributed by atoms with van der Waals surface area (Å²) in [5, 5.41) is 0. The summed E-state index contributed by atoms with van der Waals surface area (Å²) >= 11 is 0. The molecule has 4 heteroatoms. The van der Waals surface area contributed by atoms with Crippen molar-refractivity contribution in [2.75, 3.05) is 6.61 Å². The number of nitrogens with zero attached hydrogens (tertiary/aromatic N) is 2. The summed E-state index contributed by atoms with van der Waals surface area (Å²) in [7, 11) is 0. The van der Waals surface area contributed by atoms with Crippen molar-refractivity contribution in [2.24, 2.45) is 0 Å². The van der Waals surface area contributed by atoms with Gasteiger partial charge in [0.25, 0.3) is 0 Å². The minimum atomic E-state index is -0.0991. The molecule has 0 bridgehead atoms. The Labute approximate surface area is 82.6 Å². The second-order valence-corrected chi connectivity index (χ2v) is 2.70. The molecule has 4 nitrogen and oxygen atoms in total. The second-order valence-electron chi connectivity index (χ2n) is 2.70. The van der Waals surface area contributed by atoms with Crippen molar-refractivity contribution >= 4 is 11.5 Å². The molecule has 0 saturated carbocycles. The summed E-state index contributed by atoms with van der Waals surface area (Å²) < 4.78 is 5.17. The normalized spacial score (nSPS) is 9.57. The van der Waals surface area contributed by atoms with Crippen molar-refractivity contribution in [1.82, 2.24) is 9.97 Å². The number of hydrogen-bond donors (Lipinski definition) is 0. The summed E-state index contributed by atoms with van der Waals surface area (Å²) in [4.78, 5) is 18.8. The molecular weight excluding hydrogens is 180 g/mol. The molecule has 0 amide bonds. The van der Waals surface area contributed by atoms with Crippen molar-refractivity contribution in [2.45, 2.75) is 13.8 Å². The van der Waals surface area contributed by atoms with E-state index in [2.05, 4.69) is 16.5 Å². The van der Waals surface area contributed by atoms with Crippen LogP contribution in [0.3, 0.4) is 0 Å². The Morgan fingerprint density at radius 1 is 1.50 bits per heavy atom. The molecule has 0 spiro atoms. The predicted octanol–water partition coefficient (Wildman–Crippen LogP) is 1.69. The van der Waals surface area contributed by atoms with Gasteiger partial charge < -0.3 is 4.74 Å². The summed E-state index contributed by atoms with van der Waals surface area (Å²) in [5.74, 6) is 0.357. The van der Waals surface area contributed by atoms with E-state index in [4.69, 9.17) is 4.74 Å². The first-order chi connectivity index (χ1) is 6.65. The monoisotopic (exact) mass is 192 g/mol. The van der Waals surface area contributed by atoms with Gasteiger partial charge in [-0.25, -0.2) is 9.97 Å². The van der Waals surface area contributed by atoms with Crippen LogP contribution >= 0.6 is 0 Å². The highest BCUT2D eigenvalue weighted by Gasteiger charge is 2.06. The third-order valence-electron chi connectivity index (χ3n) is 1.63. The Balaban J connectivity index is 2.93. The first-order valence-electron chi connectivity index (χ1n) is 4.30. The molecule has 1 heterocycles. The maximum Gasteiger partial charge on any atom is 0.178 e. The van der Waals surface area contributed by atoms with E-state index < -0.39 is 0 Å². The minimum absolute atomic E-state index is 0.0991. The van der Waals surface area contributed by atoms with E-state index in [0.29, 0.717) is 23.8 Å². The summed E-state index contributed by atoms with van der Waals surface area (Å²) in [6, 6.07) is 1.57. The van der Waals surface area contributed by atoms with Gasteiger partial charge in [0, 0.05) is 6.92 Å². The quantitative estimate of drug-likeness (QED) is 0.538. The lowest BCUT2D eigenvalue weighted by atomic mass is 10.2. The van der Waals surface area contributed by atoms with Crippen molar-refractivity contribution in [3.05, 3.63) is 30.4 Å². The SMILES string of the molecule is C=C(OCC)c1cc(C(C)=O)ncn1. The molecule has 0 unspecified atom stereocenters. The summed E-state index contributed by atoms with van der Waals surface area (Å²) in [6.45, 7) is 7.53. The number of aromatic nitrogens is 2. The van der Waals surface area contributed by atoms with E-state index in [1.807, 2.05) is 6.92 Å². The zero-order valence-corrected chi connectivity index (χ0v) is 8.28. The van der Waals surface area contributed by atoms with Crippen LogP contribution in [-0.4, -0.2) is 22.4 Å². The number of rotatable bonds is 4. The van der Waals surface area contributed by atoms with Crippen LogP contribution in [0.2, 0.25) is 0 Å². The van der Waals surface area contributed by atoms with Crippen LogP contribution < -0.4 is 0 Å². The highest BCUT2D eigenvalue weighted by molar-refractivity contribution is 5.92. The van der Waals surface area contributed by atoms with Gasteiger partial charge in [0.1, 0.15) is 23.5 Å². The molecule has 0 aliphatic rings. The highest BCUT2D eigenvalue weighted by Crippen LogP contribution is 2.10. The molecule has 0 atom stereocenters. The number of Topliss-reactive ketones (excluding diaryl/α,β-unsaturated/α-hetero) is 1. The van der Waals surface area contributed by atoms with Gasteiger partial charge in [-0.1, -0.05) is 6.58 Å². The fourth-order valence-electron chi connectivity index (χ4n) is 0.951. The van der Waals surface area contributed by atoms with Gasteiger partial charge in [-0.3, -0.25) is 4.79 Å². The molecule has 0 saturated heterocycles. The lowest BCUT2D eigenvalue weighted by molar-refractivity contribution is 0.101. The van der Waals surface area contributed by atoms with Crippen molar-refractivity contribution in [3.8, 4) is 0 Å². The van der Waals surface area contributed by atoms with E-state index >= 15 is 0 Å². The molecule has 14 heavy (non-hydrogen) atoms. The molecule has 0 aliphatic carbocycles. The second kappa shape index (κ2) is 4.50. The summed E-state index contributed by atoms with van der Waals surface area (Å²) in [6.07, 6.45) is 1.33. The molecule has 0 N–H and O–H groups in total. The Morgan fingerprint density at radius 2 is 2.14 bits per heavy atom. The molecule has 0 aliphatic heterocycles. The van der Waals surface area contributed by atoms with Gasteiger partial charge in [-0.2, -0.15) is 0 Å². The fraction of sp³-hybridized carbons (Fsp3) is 0.300. The van der Waals surface area contributed by atoms with Crippen LogP contribution in [0.4, 0.5) is 0 Å². The topological polar surface area (TPSA) is 52.1 Å². The smallest absolute Gasteiger partial charge is 0.178 e. The van der Waals surface area contributed by atoms with Crippen LogP contribution in [0.5, 0.6) is 0 Å². The van der Waals surface area contributed by atoms with Gasteiger partial charge >= 0.3 is 0 Å². The molecule has 0 radical (unpaired) electrons. The molecule has 1 rings (SSSR count). The first kappa shape index (κ1) is 10.4. The molecule has 0 fully saturated rings. The molecule has 1 aromatic rings. The highest BCUT2D eigenvalue weighted by atomic mass is 16.5. The van der Waals surface area contributed by atoms with E-state index in [9.17, 15) is 4.79 Å². The maximum absolute atomic E-state index is 11.0. The Kier molecular flexibility index (Phi) is 3.34. The molecule has 74 valence electrons. The molecule has 0 aromatic carbocycles. The average Bonchev–Trinajstić information content (AvgIpc) is 2.18. The number of carbonyl (C=O) groups is 1. The van der Waals surface area contributed by atoms with Gasteiger partial charge in [-0.15, -0.1) is 0 Å². The zero-order chi connectivity index (χ0) is 10.6. The third-order valence-corrected chi connectivity index (χ3v) is 1.63.